The topological polar surface area (TPSA) is 111 Å². The Bertz CT molecular complexity index is 1160. The first-order chi connectivity index (χ1) is 27.5. The van der Waals surface area contributed by atoms with Crippen molar-refractivity contribution in [3.05, 3.63) is 60.8 Å². The number of allylic oxidation sites excluding steroid dienone is 10. The summed E-state index contributed by atoms with van der Waals surface area (Å²) in [7, 11) is 1.14. The van der Waals surface area contributed by atoms with E-state index in [1.165, 1.54) is 51.4 Å². The number of rotatable bonds is 40. The lowest BCUT2D eigenvalue weighted by Crippen LogP contribution is -2.37. The summed E-state index contributed by atoms with van der Waals surface area (Å²) in [5.74, 6) is -0.875. The Morgan fingerprint density at radius 2 is 1.00 bits per heavy atom. The number of carbonyl (C=O) groups is 2. The Labute approximate surface area is 349 Å². The number of carbonyl (C=O) groups excluding carboxylic acids is 2. The molecule has 0 N–H and O–H groups in total. The van der Waals surface area contributed by atoms with Crippen molar-refractivity contribution in [2.75, 3.05) is 47.5 Å². The Morgan fingerprint density at radius 3 is 1.51 bits per heavy atom. The Kier molecular flexibility index (Phi) is 37.6. The maximum absolute atomic E-state index is 12.7. The van der Waals surface area contributed by atoms with E-state index in [-0.39, 0.29) is 26.1 Å². The monoisotopic (exact) mass is 822 g/mol. The number of unbranched alkanes of at least 4 members (excludes halogenated alkanes) is 16. The van der Waals surface area contributed by atoms with Crippen LogP contribution in [0.1, 0.15) is 174 Å². The predicted octanol–water partition coefficient (Wildman–Crippen LogP) is 12.2. The van der Waals surface area contributed by atoms with Crippen molar-refractivity contribution in [1.29, 1.82) is 0 Å². The van der Waals surface area contributed by atoms with E-state index >= 15 is 0 Å². The molecule has 9 nitrogen and oxygen atoms in total. The smallest absolute Gasteiger partial charge is 0.306 e. The molecule has 2 atom stereocenters. The zero-order chi connectivity index (χ0) is 42.1. The zero-order valence-corrected chi connectivity index (χ0v) is 37.9. The van der Waals surface area contributed by atoms with Crippen molar-refractivity contribution in [3.63, 3.8) is 0 Å². The molecule has 0 saturated carbocycles. The fourth-order valence-electron chi connectivity index (χ4n) is 5.76. The normalized spacial score (nSPS) is 14.1. The van der Waals surface area contributed by atoms with E-state index in [0.717, 1.165) is 83.5 Å². The highest BCUT2D eigenvalue weighted by Gasteiger charge is 2.21. The average molecular weight is 822 g/mol. The molecular weight excluding hydrogens is 737 g/mol. The number of nitrogens with zero attached hydrogens (tertiary/aromatic N) is 1. The lowest BCUT2D eigenvalue weighted by Gasteiger charge is -2.28. The standard InChI is InChI=1S/C47H84NO8P/c1-6-8-10-12-14-16-18-20-22-24-26-28-30-32-34-36-38-40-47(50)56-45(44-55-57(51,52)54-42-41-48(3,4)5)43-53-46(49)39-37-35-33-31-29-27-25-23-21-19-17-15-13-11-9-7-2/h8,10,14,16,20,22-23,25-26,28,45H,6-7,9,11-13,15,17-19,21,24,27,29-44H2,1-5H3/b10-8-,16-14-,22-20-,25-23-,28-26-. The second-order valence-electron chi connectivity index (χ2n) is 16.0. The summed E-state index contributed by atoms with van der Waals surface area (Å²) in [6.07, 6.45) is 46.7. The number of hydrogen-bond acceptors (Lipinski definition) is 8. The molecule has 57 heavy (non-hydrogen) atoms. The van der Waals surface area contributed by atoms with E-state index in [9.17, 15) is 19.0 Å². The van der Waals surface area contributed by atoms with E-state index < -0.39 is 32.5 Å². The van der Waals surface area contributed by atoms with Gasteiger partial charge in [0.15, 0.2) is 6.10 Å². The first-order valence-corrected chi connectivity index (χ1v) is 24.0. The summed E-state index contributed by atoms with van der Waals surface area (Å²) in [6, 6.07) is 0. The molecule has 0 amide bonds. The van der Waals surface area contributed by atoms with Crippen LogP contribution in [0.3, 0.4) is 0 Å². The summed E-state index contributed by atoms with van der Waals surface area (Å²) >= 11 is 0. The van der Waals surface area contributed by atoms with Gasteiger partial charge in [0.2, 0.25) is 0 Å². The van der Waals surface area contributed by atoms with Gasteiger partial charge in [-0.05, 0) is 77.0 Å². The van der Waals surface area contributed by atoms with Gasteiger partial charge in [-0.1, -0.05) is 145 Å². The molecule has 0 radical (unpaired) electrons. The highest BCUT2D eigenvalue weighted by Crippen LogP contribution is 2.38. The number of ether oxygens (including phenoxy) is 2. The number of hydrogen-bond donors (Lipinski definition) is 0. The molecule has 0 aliphatic heterocycles. The molecule has 0 saturated heterocycles. The second kappa shape index (κ2) is 39.2. The molecule has 10 heteroatoms. The number of esters is 2. The minimum Gasteiger partial charge on any atom is -0.756 e. The van der Waals surface area contributed by atoms with Crippen molar-refractivity contribution >= 4 is 19.8 Å². The van der Waals surface area contributed by atoms with Crippen molar-refractivity contribution in [1.82, 2.24) is 0 Å². The van der Waals surface area contributed by atoms with Crippen molar-refractivity contribution in [2.24, 2.45) is 0 Å². The Morgan fingerprint density at radius 1 is 0.561 bits per heavy atom. The van der Waals surface area contributed by atoms with Gasteiger partial charge in [-0.15, -0.1) is 0 Å². The summed E-state index contributed by atoms with van der Waals surface area (Å²) in [5.41, 5.74) is 0. The fourth-order valence-corrected chi connectivity index (χ4v) is 6.49. The summed E-state index contributed by atoms with van der Waals surface area (Å²) < 4.78 is 33.9. The minimum absolute atomic E-state index is 0.0397. The molecule has 0 aliphatic carbocycles. The molecule has 0 aromatic carbocycles. The van der Waals surface area contributed by atoms with Crippen molar-refractivity contribution in [2.45, 2.75) is 180 Å². The third-order valence-electron chi connectivity index (χ3n) is 9.27. The van der Waals surface area contributed by atoms with Gasteiger partial charge in [0.25, 0.3) is 7.82 Å². The van der Waals surface area contributed by atoms with Gasteiger partial charge >= 0.3 is 11.9 Å². The van der Waals surface area contributed by atoms with E-state index in [1.807, 2.05) is 21.1 Å². The average Bonchev–Trinajstić information content (AvgIpc) is 3.16. The third-order valence-corrected chi connectivity index (χ3v) is 10.2. The first-order valence-electron chi connectivity index (χ1n) is 22.5. The molecule has 0 spiro atoms. The van der Waals surface area contributed by atoms with Crippen molar-refractivity contribution < 1.29 is 42.1 Å². The molecule has 0 fully saturated rings. The van der Waals surface area contributed by atoms with Gasteiger partial charge < -0.3 is 27.9 Å². The number of phosphoric ester groups is 1. The van der Waals surface area contributed by atoms with Crippen LogP contribution in [0.15, 0.2) is 60.8 Å². The first kappa shape index (κ1) is 54.7. The second-order valence-corrected chi connectivity index (χ2v) is 17.4. The van der Waals surface area contributed by atoms with Gasteiger partial charge in [0, 0.05) is 12.8 Å². The van der Waals surface area contributed by atoms with Crippen molar-refractivity contribution in [3.8, 4) is 0 Å². The quantitative estimate of drug-likeness (QED) is 0.0197. The van der Waals surface area contributed by atoms with Gasteiger partial charge in [0.1, 0.15) is 19.8 Å². The van der Waals surface area contributed by atoms with Crippen LogP contribution in [0.5, 0.6) is 0 Å². The summed E-state index contributed by atoms with van der Waals surface area (Å²) in [5, 5.41) is 0. The van der Waals surface area contributed by atoms with Crippen LogP contribution >= 0.6 is 7.82 Å². The SMILES string of the molecule is CC/C=C\C/C=C\C/C=C\C/C=C\CCCCCCC(=O)OC(COC(=O)CCCCCCC/C=C\CCCCCCCCC)COP(=O)([O-])OCC[N+](C)(C)C. The van der Waals surface area contributed by atoms with E-state index in [4.69, 9.17) is 18.5 Å². The highest BCUT2D eigenvalue weighted by atomic mass is 31.2. The van der Waals surface area contributed by atoms with Crippen LogP contribution in [-0.4, -0.2) is 70.0 Å². The van der Waals surface area contributed by atoms with Gasteiger partial charge in [0.05, 0.1) is 27.7 Å². The third kappa shape index (κ3) is 43.1. The van der Waals surface area contributed by atoms with E-state index in [2.05, 4.69) is 74.6 Å². The van der Waals surface area contributed by atoms with Gasteiger partial charge in [-0.25, -0.2) is 0 Å². The number of likely N-dealkylation sites (N-methyl/N-ethyl adjacent to an activating group) is 1. The van der Waals surface area contributed by atoms with E-state index in [1.54, 1.807) is 0 Å². The maximum atomic E-state index is 12.7. The molecule has 0 aromatic heterocycles. The Balaban J connectivity index is 4.41. The minimum atomic E-state index is -4.64. The van der Waals surface area contributed by atoms with Gasteiger partial charge in [-0.2, -0.15) is 0 Å². The largest absolute Gasteiger partial charge is 0.756 e. The van der Waals surface area contributed by atoms with E-state index in [0.29, 0.717) is 23.9 Å². The Hall–Kier alpha value is -2.29. The van der Waals surface area contributed by atoms with Crippen LogP contribution in [0, 0.1) is 0 Å². The molecule has 2 unspecified atom stereocenters. The highest BCUT2D eigenvalue weighted by molar-refractivity contribution is 7.45. The van der Waals surface area contributed by atoms with Gasteiger partial charge in [-0.3, -0.25) is 14.2 Å². The lowest BCUT2D eigenvalue weighted by molar-refractivity contribution is -0.870. The molecule has 0 aromatic rings. The molecule has 0 bridgehead atoms. The molecular formula is C47H84NO8P. The molecule has 0 rings (SSSR count). The number of phosphoric acid groups is 1. The molecule has 330 valence electrons. The molecule has 0 aliphatic rings. The molecule has 0 heterocycles. The predicted molar refractivity (Wildman–Crippen MR) is 236 cm³/mol. The van der Waals surface area contributed by atoms with Crippen LogP contribution in [-0.2, 0) is 32.7 Å². The van der Waals surface area contributed by atoms with Crippen LogP contribution in [0.4, 0.5) is 0 Å². The fraction of sp³-hybridized carbons (Fsp3) is 0.745. The van der Waals surface area contributed by atoms with Crippen LogP contribution in [0.25, 0.3) is 0 Å². The maximum Gasteiger partial charge on any atom is 0.306 e. The van der Waals surface area contributed by atoms with Crippen LogP contribution in [0.2, 0.25) is 0 Å². The summed E-state index contributed by atoms with van der Waals surface area (Å²) in [6.45, 7) is 4.06. The summed E-state index contributed by atoms with van der Waals surface area (Å²) in [4.78, 5) is 37.6. The van der Waals surface area contributed by atoms with Crippen LogP contribution < -0.4 is 4.89 Å². The number of quaternary nitrogens is 1. The lowest BCUT2D eigenvalue weighted by atomic mass is 10.1. The zero-order valence-electron chi connectivity index (χ0n) is 37.0.